The van der Waals surface area contributed by atoms with Gasteiger partial charge in [-0.15, -0.1) is 0 Å². The Kier molecular flexibility index (Phi) is 6.50. The van der Waals surface area contributed by atoms with E-state index >= 15 is 0 Å². The Balaban J connectivity index is 1.59. The van der Waals surface area contributed by atoms with Gasteiger partial charge in [-0.3, -0.25) is 14.4 Å². The number of aromatic nitrogens is 1. The van der Waals surface area contributed by atoms with Crippen LogP contribution in [-0.2, 0) is 11.2 Å². The van der Waals surface area contributed by atoms with E-state index in [1.807, 2.05) is 36.1 Å². The maximum Gasteiger partial charge on any atom is 0.271 e. The van der Waals surface area contributed by atoms with E-state index in [4.69, 9.17) is 0 Å². The van der Waals surface area contributed by atoms with E-state index in [0.717, 1.165) is 5.56 Å². The third kappa shape index (κ3) is 4.84. The van der Waals surface area contributed by atoms with Crippen molar-refractivity contribution >= 4 is 17.7 Å². The first-order valence-corrected chi connectivity index (χ1v) is 10.1. The summed E-state index contributed by atoms with van der Waals surface area (Å²) in [5.41, 5.74) is 3.51. The second-order valence-corrected chi connectivity index (χ2v) is 7.86. The molecule has 2 aromatic rings. The highest BCUT2D eigenvalue weighted by molar-refractivity contribution is 5.97. The summed E-state index contributed by atoms with van der Waals surface area (Å²) in [6, 6.07) is 11.2. The van der Waals surface area contributed by atoms with Gasteiger partial charge in [-0.25, -0.2) is 4.98 Å². The van der Waals surface area contributed by atoms with Gasteiger partial charge in [0.15, 0.2) is 0 Å². The molecule has 1 aromatic heterocycles. The first-order chi connectivity index (χ1) is 14.3. The molecule has 2 heterocycles. The zero-order valence-electron chi connectivity index (χ0n) is 18.0. The number of carbonyl (C=O) groups excluding carboxylic acids is 3. The number of hydrogen-bond donors (Lipinski definition) is 0. The Morgan fingerprint density at radius 3 is 2.07 bits per heavy atom. The first-order valence-electron chi connectivity index (χ1n) is 10.1. The van der Waals surface area contributed by atoms with E-state index in [0.29, 0.717) is 49.6 Å². The molecule has 1 saturated heterocycles. The van der Waals surface area contributed by atoms with Crippen LogP contribution >= 0.6 is 0 Å². The number of nitrogens with zero attached hydrogens (tertiary/aromatic N) is 4. The molecule has 1 fully saturated rings. The molecule has 0 radical (unpaired) electrons. The van der Waals surface area contributed by atoms with E-state index in [1.54, 1.807) is 38.1 Å². The van der Waals surface area contributed by atoms with Crippen molar-refractivity contribution in [2.24, 2.45) is 0 Å². The molecule has 158 valence electrons. The molecule has 0 aliphatic carbocycles. The lowest BCUT2D eigenvalue weighted by molar-refractivity contribution is -0.131. The number of piperazine rings is 1. The Morgan fingerprint density at radius 2 is 1.50 bits per heavy atom. The zero-order valence-corrected chi connectivity index (χ0v) is 18.0. The van der Waals surface area contributed by atoms with Gasteiger partial charge in [0.2, 0.25) is 5.91 Å². The lowest BCUT2D eigenvalue weighted by atomic mass is 10.1. The van der Waals surface area contributed by atoms with Crippen molar-refractivity contribution in [2.75, 3.05) is 40.3 Å². The van der Waals surface area contributed by atoms with E-state index in [2.05, 4.69) is 4.98 Å². The number of benzene rings is 1. The fourth-order valence-corrected chi connectivity index (χ4v) is 3.46. The molecule has 3 rings (SSSR count). The van der Waals surface area contributed by atoms with Crippen LogP contribution in [0.1, 0.15) is 37.7 Å². The number of pyridine rings is 1. The number of aryl methyl sites for hydroxylation is 2. The van der Waals surface area contributed by atoms with Crippen LogP contribution in [0, 0.1) is 13.8 Å². The highest BCUT2D eigenvalue weighted by Crippen LogP contribution is 2.14. The van der Waals surface area contributed by atoms with Crippen molar-refractivity contribution in [2.45, 2.75) is 20.3 Å². The SMILES string of the molecule is Cc1ccc(CC(=O)N2CCN(C(=O)c3ccc(C(=O)N(C)C)nc3C)CC2)cc1. The van der Waals surface area contributed by atoms with Gasteiger partial charge in [0.1, 0.15) is 5.69 Å². The van der Waals surface area contributed by atoms with Crippen molar-refractivity contribution in [3.05, 3.63) is 64.5 Å². The topological polar surface area (TPSA) is 73.8 Å². The van der Waals surface area contributed by atoms with Crippen molar-refractivity contribution in [1.82, 2.24) is 19.7 Å². The third-order valence-corrected chi connectivity index (χ3v) is 5.34. The smallest absolute Gasteiger partial charge is 0.271 e. The largest absolute Gasteiger partial charge is 0.343 e. The summed E-state index contributed by atoms with van der Waals surface area (Å²) in [5.74, 6) is -0.234. The molecule has 0 unspecified atom stereocenters. The third-order valence-electron chi connectivity index (χ3n) is 5.34. The molecule has 0 saturated carbocycles. The summed E-state index contributed by atoms with van der Waals surface area (Å²) < 4.78 is 0. The van der Waals surface area contributed by atoms with Crippen LogP contribution in [0.5, 0.6) is 0 Å². The minimum Gasteiger partial charge on any atom is -0.343 e. The summed E-state index contributed by atoms with van der Waals surface area (Å²) >= 11 is 0. The second kappa shape index (κ2) is 9.07. The molecular formula is C23H28N4O3. The van der Waals surface area contributed by atoms with Gasteiger partial charge in [0.25, 0.3) is 11.8 Å². The Bertz CT molecular complexity index is 945. The molecule has 0 bridgehead atoms. The average molecular weight is 409 g/mol. The normalized spacial score (nSPS) is 13.9. The minimum absolute atomic E-state index is 0.0790. The van der Waals surface area contributed by atoms with E-state index in [1.165, 1.54) is 10.5 Å². The summed E-state index contributed by atoms with van der Waals surface area (Å²) in [4.78, 5) is 46.9. The highest BCUT2D eigenvalue weighted by atomic mass is 16.2. The predicted molar refractivity (Wildman–Crippen MR) is 114 cm³/mol. The van der Waals surface area contributed by atoms with E-state index < -0.39 is 0 Å². The Hall–Kier alpha value is -3.22. The molecular weight excluding hydrogens is 380 g/mol. The van der Waals surface area contributed by atoms with Gasteiger partial charge in [-0.1, -0.05) is 29.8 Å². The summed E-state index contributed by atoms with van der Waals surface area (Å²) in [5, 5.41) is 0. The van der Waals surface area contributed by atoms with Gasteiger partial charge < -0.3 is 14.7 Å². The quantitative estimate of drug-likeness (QED) is 0.775. The molecule has 0 atom stereocenters. The predicted octanol–water partition coefficient (Wildman–Crippen LogP) is 1.93. The number of amides is 3. The maximum absolute atomic E-state index is 12.9. The standard InChI is InChI=1S/C23H28N4O3/c1-16-5-7-18(8-6-16)15-21(28)26-11-13-27(14-12-26)22(29)19-9-10-20(24-17(19)2)23(30)25(3)4/h5-10H,11-15H2,1-4H3. The number of rotatable bonds is 4. The molecule has 1 aliphatic rings. The molecule has 1 aromatic carbocycles. The Morgan fingerprint density at radius 1 is 0.900 bits per heavy atom. The minimum atomic E-state index is -0.196. The van der Waals surface area contributed by atoms with Crippen LogP contribution in [-0.4, -0.2) is 77.7 Å². The monoisotopic (exact) mass is 408 g/mol. The molecule has 7 heteroatoms. The van der Waals surface area contributed by atoms with Crippen molar-refractivity contribution in [3.63, 3.8) is 0 Å². The van der Waals surface area contributed by atoms with E-state index in [9.17, 15) is 14.4 Å². The van der Waals surface area contributed by atoms with Crippen molar-refractivity contribution in [3.8, 4) is 0 Å². The van der Waals surface area contributed by atoms with Gasteiger partial charge >= 0.3 is 0 Å². The van der Waals surface area contributed by atoms with Crippen LogP contribution in [0.15, 0.2) is 36.4 Å². The summed E-state index contributed by atoms with van der Waals surface area (Å²) in [6.45, 7) is 5.75. The van der Waals surface area contributed by atoms with Gasteiger partial charge in [-0.05, 0) is 31.5 Å². The molecule has 3 amide bonds. The maximum atomic E-state index is 12.9. The van der Waals surface area contributed by atoms with Crippen LogP contribution in [0.4, 0.5) is 0 Å². The summed E-state index contributed by atoms with van der Waals surface area (Å²) in [6.07, 6.45) is 0.374. The highest BCUT2D eigenvalue weighted by Gasteiger charge is 2.26. The van der Waals surface area contributed by atoms with Crippen molar-refractivity contribution < 1.29 is 14.4 Å². The van der Waals surface area contributed by atoms with Gasteiger partial charge in [-0.2, -0.15) is 0 Å². The fraction of sp³-hybridized carbons (Fsp3) is 0.391. The molecule has 1 aliphatic heterocycles. The molecule has 0 N–H and O–H groups in total. The van der Waals surface area contributed by atoms with Gasteiger partial charge in [0, 0.05) is 40.3 Å². The van der Waals surface area contributed by atoms with E-state index in [-0.39, 0.29) is 17.7 Å². The van der Waals surface area contributed by atoms with Crippen LogP contribution in [0.2, 0.25) is 0 Å². The first kappa shape index (κ1) is 21.5. The summed E-state index contributed by atoms with van der Waals surface area (Å²) in [7, 11) is 3.33. The molecule has 30 heavy (non-hydrogen) atoms. The van der Waals surface area contributed by atoms with Gasteiger partial charge in [0.05, 0.1) is 17.7 Å². The molecule has 7 nitrogen and oxygen atoms in total. The lowest BCUT2D eigenvalue weighted by Gasteiger charge is -2.35. The van der Waals surface area contributed by atoms with Crippen LogP contribution < -0.4 is 0 Å². The second-order valence-electron chi connectivity index (χ2n) is 7.86. The van der Waals surface area contributed by atoms with Crippen LogP contribution in [0.3, 0.4) is 0 Å². The number of carbonyl (C=O) groups is 3. The average Bonchev–Trinajstić information content (AvgIpc) is 2.74. The Labute approximate surface area is 177 Å². The molecule has 0 spiro atoms. The zero-order chi connectivity index (χ0) is 21.8. The van der Waals surface area contributed by atoms with Crippen molar-refractivity contribution in [1.29, 1.82) is 0 Å². The number of hydrogen-bond acceptors (Lipinski definition) is 4. The fourth-order valence-electron chi connectivity index (χ4n) is 3.46. The lowest BCUT2D eigenvalue weighted by Crippen LogP contribution is -2.51. The van der Waals surface area contributed by atoms with Crippen LogP contribution in [0.25, 0.3) is 0 Å².